The van der Waals surface area contributed by atoms with Crippen LogP contribution in [0.3, 0.4) is 0 Å². The van der Waals surface area contributed by atoms with Crippen LogP contribution < -0.4 is 4.74 Å². The summed E-state index contributed by atoms with van der Waals surface area (Å²) in [5, 5.41) is 10.3. The van der Waals surface area contributed by atoms with Crippen molar-refractivity contribution in [3.8, 4) is 5.75 Å². The van der Waals surface area contributed by atoms with Crippen molar-refractivity contribution in [2.75, 3.05) is 0 Å². The number of carbonyl (C=O) groups is 1. The summed E-state index contributed by atoms with van der Waals surface area (Å²) in [5.41, 5.74) is 0.0531. The van der Waals surface area contributed by atoms with Crippen LogP contribution in [-0.4, -0.2) is 17.2 Å². The second-order valence-corrected chi connectivity index (χ2v) is 6.67. The lowest BCUT2D eigenvalue weighted by atomic mass is 9.69. The van der Waals surface area contributed by atoms with Crippen LogP contribution >= 0.6 is 11.6 Å². The molecule has 21 heavy (non-hydrogen) atoms. The fourth-order valence-corrected chi connectivity index (χ4v) is 3.57. The van der Waals surface area contributed by atoms with E-state index >= 15 is 0 Å². The summed E-state index contributed by atoms with van der Waals surface area (Å²) in [6.07, 6.45) is 8.08. The van der Waals surface area contributed by atoms with E-state index in [4.69, 9.17) is 16.3 Å². The normalized spacial score (nSPS) is 21.6. The molecule has 0 spiro atoms. The van der Waals surface area contributed by atoms with Gasteiger partial charge in [-0.3, -0.25) is 4.79 Å². The Balaban J connectivity index is 1.86. The average Bonchev–Trinajstić information content (AvgIpc) is 2.44. The number of aliphatic carboxylic acids is 1. The van der Waals surface area contributed by atoms with Gasteiger partial charge in [-0.15, -0.1) is 0 Å². The minimum atomic E-state index is -0.767. The Morgan fingerprint density at radius 3 is 2.43 bits per heavy atom. The highest BCUT2D eigenvalue weighted by atomic mass is 35.5. The maximum Gasteiger partial charge on any atom is 0.314 e. The van der Waals surface area contributed by atoms with Crippen molar-refractivity contribution in [3.63, 3.8) is 0 Å². The molecular weight excluding hydrogens is 288 g/mol. The smallest absolute Gasteiger partial charge is 0.314 e. The number of carboxylic acid groups (broad SMARTS) is 1. The number of carboxylic acids is 1. The molecule has 1 N–H and O–H groups in total. The first-order valence-electron chi connectivity index (χ1n) is 7.82. The van der Waals surface area contributed by atoms with Crippen molar-refractivity contribution in [2.45, 2.75) is 62.9 Å². The predicted octanol–water partition coefficient (Wildman–Crippen LogP) is 4.56. The lowest BCUT2D eigenvalue weighted by Gasteiger charge is -2.34. The molecule has 0 heterocycles. The Morgan fingerprint density at radius 2 is 1.90 bits per heavy atom. The fraction of sp³-hybridized carbons (Fsp3) is 0.588. The second kappa shape index (κ2) is 5.88. The quantitative estimate of drug-likeness (QED) is 0.887. The molecule has 114 valence electrons. The van der Waals surface area contributed by atoms with Gasteiger partial charge in [0.15, 0.2) is 0 Å². The maximum absolute atomic E-state index is 11.8. The fourth-order valence-electron chi connectivity index (χ4n) is 3.34. The van der Waals surface area contributed by atoms with E-state index < -0.39 is 11.4 Å². The van der Waals surface area contributed by atoms with E-state index in [1.54, 1.807) is 6.07 Å². The van der Waals surface area contributed by atoms with Crippen LogP contribution in [0.2, 0.25) is 5.02 Å². The first kappa shape index (κ1) is 14.7. The molecule has 0 unspecified atom stereocenters. The van der Waals surface area contributed by atoms with Gasteiger partial charge in [0.1, 0.15) is 5.75 Å². The molecule has 0 aliphatic heterocycles. The zero-order valence-corrected chi connectivity index (χ0v) is 12.9. The number of hydrogen-bond acceptors (Lipinski definition) is 2. The number of ether oxygens (including phenoxy) is 1. The molecule has 0 amide bonds. The first-order valence-corrected chi connectivity index (χ1v) is 8.20. The molecule has 0 radical (unpaired) electrons. The average molecular weight is 309 g/mol. The van der Waals surface area contributed by atoms with E-state index in [9.17, 15) is 9.90 Å². The molecule has 3 nitrogen and oxygen atoms in total. The summed E-state index contributed by atoms with van der Waals surface area (Å²) in [7, 11) is 0. The summed E-state index contributed by atoms with van der Waals surface area (Å²) in [4.78, 5) is 11.8. The Labute approximate surface area is 130 Å². The molecule has 2 aliphatic carbocycles. The van der Waals surface area contributed by atoms with E-state index in [1.165, 1.54) is 6.42 Å². The summed E-state index contributed by atoms with van der Waals surface area (Å²) < 4.78 is 5.84. The van der Waals surface area contributed by atoms with Crippen LogP contribution in [0.15, 0.2) is 18.2 Å². The minimum absolute atomic E-state index is 0.275. The third-order valence-electron chi connectivity index (χ3n) is 4.95. The molecule has 2 fully saturated rings. The SMILES string of the molecule is O=C(O)C1(c2ccc(OC3CCC3)c(Cl)c2)CCCCC1. The molecule has 4 heteroatoms. The number of halogens is 1. The largest absolute Gasteiger partial charge is 0.489 e. The molecule has 0 saturated heterocycles. The second-order valence-electron chi connectivity index (χ2n) is 6.26. The molecular formula is C17H21ClO3. The lowest BCUT2D eigenvalue weighted by Crippen LogP contribution is -2.37. The summed E-state index contributed by atoms with van der Waals surface area (Å²) in [6, 6.07) is 5.53. The number of benzene rings is 1. The van der Waals surface area contributed by atoms with Crippen molar-refractivity contribution in [1.29, 1.82) is 0 Å². The van der Waals surface area contributed by atoms with E-state index in [0.717, 1.165) is 37.7 Å². The van der Waals surface area contributed by atoms with Crippen LogP contribution in [0.4, 0.5) is 0 Å². The maximum atomic E-state index is 11.8. The van der Waals surface area contributed by atoms with Gasteiger partial charge >= 0.3 is 5.97 Å². The first-order chi connectivity index (χ1) is 10.1. The Hall–Kier alpha value is -1.22. The van der Waals surface area contributed by atoms with Crippen molar-refractivity contribution in [2.24, 2.45) is 0 Å². The Morgan fingerprint density at radius 1 is 1.19 bits per heavy atom. The van der Waals surface area contributed by atoms with Crippen molar-refractivity contribution >= 4 is 17.6 Å². The van der Waals surface area contributed by atoms with Crippen LogP contribution in [0.1, 0.15) is 56.9 Å². The van der Waals surface area contributed by atoms with Gasteiger partial charge in [0.2, 0.25) is 0 Å². The van der Waals surface area contributed by atoms with Crippen molar-refractivity contribution < 1.29 is 14.6 Å². The Bertz CT molecular complexity index is 531. The van der Waals surface area contributed by atoms with Crippen LogP contribution in [0, 0.1) is 0 Å². The van der Waals surface area contributed by atoms with Crippen LogP contribution in [0.25, 0.3) is 0 Å². The van der Waals surface area contributed by atoms with Gasteiger partial charge < -0.3 is 9.84 Å². The highest BCUT2D eigenvalue weighted by molar-refractivity contribution is 6.32. The number of hydrogen-bond donors (Lipinski definition) is 1. The highest BCUT2D eigenvalue weighted by Crippen LogP contribution is 2.42. The molecule has 1 aromatic carbocycles. The molecule has 1 aromatic rings. The Kier molecular flexibility index (Phi) is 4.12. The van der Waals surface area contributed by atoms with E-state index in [1.807, 2.05) is 12.1 Å². The van der Waals surface area contributed by atoms with Gasteiger partial charge in [0, 0.05) is 0 Å². The standard InChI is InChI=1S/C17H21ClO3/c18-14-11-12(7-8-15(14)21-13-5-4-6-13)17(16(19)20)9-2-1-3-10-17/h7-8,11,13H,1-6,9-10H2,(H,19,20). The molecule has 0 atom stereocenters. The summed E-state index contributed by atoms with van der Waals surface area (Å²) >= 11 is 6.32. The molecule has 2 aliphatic rings. The zero-order valence-electron chi connectivity index (χ0n) is 12.1. The van der Waals surface area contributed by atoms with Gasteiger partial charge in [-0.1, -0.05) is 36.9 Å². The van der Waals surface area contributed by atoms with Crippen LogP contribution in [-0.2, 0) is 10.2 Å². The van der Waals surface area contributed by atoms with Crippen molar-refractivity contribution in [3.05, 3.63) is 28.8 Å². The molecule has 0 bridgehead atoms. The third-order valence-corrected chi connectivity index (χ3v) is 5.24. The minimum Gasteiger partial charge on any atom is -0.489 e. The summed E-state index contributed by atoms with van der Waals surface area (Å²) in [5.74, 6) is -0.0487. The van der Waals surface area contributed by atoms with Crippen LogP contribution in [0.5, 0.6) is 5.75 Å². The van der Waals surface area contributed by atoms with E-state index in [2.05, 4.69) is 0 Å². The van der Waals surface area contributed by atoms with Crippen molar-refractivity contribution in [1.82, 2.24) is 0 Å². The highest BCUT2D eigenvalue weighted by Gasteiger charge is 2.41. The molecule has 3 rings (SSSR count). The third kappa shape index (κ3) is 2.76. The molecule has 0 aromatic heterocycles. The predicted molar refractivity (Wildman–Crippen MR) is 82.1 cm³/mol. The van der Waals surface area contributed by atoms with Gasteiger partial charge in [0.25, 0.3) is 0 Å². The zero-order chi connectivity index (χ0) is 14.9. The summed E-state index contributed by atoms with van der Waals surface area (Å²) in [6.45, 7) is 0. The van der Waals surface area contributed by atoms with E-state index in [0.29, 0.717) is 23.6 Å². The van der Waals surface area contributed by atoms with Gasteiger partial charge in [-0.2, -0.15) is 0 Å². The topological polar surface area (TPSA) is 46.5 Å². The van der Waals surface area contributed by atoms with Gasteiger partial charge in [-0.25, -0.2) is 0 Å². The number of rotatable bonds is 4. The monoisotopic (exact) mass is 308 g/mol. The van der Waals surface area contributed by atoms with Gasteiger partial charge in [0.05, 0.1) is 16.5 Å². The lowest BCUT2D eigenvalue weighted by molar-refractivity contribution is -0.145. The van der Waals surface area contributed by atoms with E-state index in [-0.39, 0.29) is 6.10 Å². The molecule has 2 saturated carbocycles. The van der Waals surface area contributed by atoms with Gasteiger partial charge in [-0.05, 0) is 49.8 Å².